The van der Waals surface area contributed by atoms with Crippen molar-refractivity contribution in [3.8, 4) is 0 Å². The SMILES string of the molecule is CCN(CC)S(=O)(=O)N1CCOC(CC(=O)O)C1. The molecule has 1 fully saturated rings. The smallest absolute Gasteiger partial charge is 0.306 e. The number of hydrogen-bond acceptors (Lipinski definition) is 4. The van der Waals surface area contributed by atoms with E-state index in [1.165, 1.54) is 8.61 Å². The fourth-order valence-electron chi connectivity index (χ4n) is 1.93. The Morgan fingerprint density at radius 3 is 2.56 bits per heavy atom. The molecule has 0 saturated carbocycles. The van der Waals surface area contributed by atoms with Crippen LogP contribution >= 0.6 is 0 Å². The van der Waals surface area contributed by atoms with Crippen molar-refractivity contribution < 1.29 is 23.1 Å². The fourth-order valence-corrected chi connectivity index (χ4v) is 3.57. The Labute approximate surface area is 108 Å². The maximum absolute atomic E-state index is 12.2. The fraction of sp³-hybridized carbons (Fsp3) is 0.900. The van der Waals surface area contributed by atoms with E-state index in [2.05, 4.69) is 0 Å². The molecule has 1 N–H and O–H groups in total. The third-order valence-corrected chi connectivity index (χ3v) is 5.01. The average Bonchev–Trinajstić information content (AvgIpc) is 2.29. The second-order valence-electron chi connectivity index (χ2n) is 4.04. The van der Waals surface area contributed by atoms with Gasteiger partial charge in [0.05, 0.1) is 19.1 Å². The molecule has 1 rings (SSSR count). The number of aliphatic carboxylic acids is 1. The van der Waals surface area contributed by atoms with Crippen LogP contribution in [0.15, 0.2) is 0 Å². The summed E-state index contributed by atoms with van der Waals surface area (Å²) < 4.78 is 32.4. The standard InChI is InChI=1S/C10H20N2O5S/c1-3-11(4-2)18(15,16)12-5-6-17-9(8-12)7-10(13)14/h9H,3-8H2,1-2H3,(H,13,14). The van der Waals surface area contributed by atoms with Crippen LogP contribution in [0.4, 0.5) is 0 Å². The highest BCUT2D eigenvalue weighted by Crippen LogP contribution is 2.15. The molecule has 8 heteroatoms. The lowest BCUT2D eigenvalue weighted by molar-refractivity contribution is -0.141. The Bertz CT molecular complexity index is 380. The first-order chi connectivity index (χ1) is 8.41. The third kappa shape index (κ3) is 3.64. The second kappa shape index (κ2) is 6.46. The predicted molar refractivity (Wildman–Crippen MR) is 65.4 cm³/mol. The van der Waals surface area contributed by atoms with Crippen LogP contribution in [-0.4, -0.2) is 67.0 Å². The number of ether oxygens (including phenoxy) is 1. The molecule has 0 aromatic heterocycles. The van der Waals surface area contributed by atoms with Gasteiger partial charge in [0.1, 0.15) is 0 Å². The topological polar surface area (TPSA) is 87.2 Å². The van der Waals surface area contributed by atoms with Crippen molar-refractivity contribution in [2.75, 3.05) is 32.8 Å². The lowest BCUT2D eigenvalue weighted by Crippen LogP contribution is -2.51. The molecule has 0 spiro atoms. The number of nitrogens with zero attached hydrogens (tertiary/aromatic N) is 2. The highest BCUT2D eigenvalue weighted by atomic mass is 32.2. The monoisotopic (exact) mass is 280 g/mol. The van der Waals surface area contributed by atoms with Crippen LogP contribution in [0.25, 0.3) is 0 Å². The number of rotatable bonds is 6. The van der Waals surface area contributed by atoms with Gasteiger partial charge in [0.25, 0.3) is 10.2 Å². The van der Waals surface area contributed by atoms with Crippen LogP contribution < -0.4 is 0 Å². The molecule has 0 radical (unpaired) electrons. The molecular weight excluding hydrogens is 260 g/mol. The molecule has 1 aliphatic rings. The number of carbonyl (C=O) groups is 1. The van der Waals surface area contributed by atoms with Crippen LogP contribution in [0, 0.1) is 0 Å². The molecule has 1 unspecified atom stereocenters. The lowest BCUT2D eigenvalue weighted by atomic mass is 10.2. The van der Waals surface area contributed by atoms with Crippen molar-refractivity contribution in [1.82, 2.24) is 8.61 Å². The first kappa shape index (κ1) is 15.4. The van der Waals surface area contributed by atoms with E-state index in [-0.39, 0.29) is 26.1 Å². The molecule has 1 atom stereocenters. The van der Waals surface area contributed by atoms with E-state index in [0.29, 0.717) is 13.1 Å². The minimum absolute atomic E-state index is 0.102. The van der Waals surface area contributed by atoms with Crippen LogP contribution in [0.1, 0.15) is 20.3 Å². The van der Waals surface area contributed by atoms with Gasteiger partial charge in [0.2, 0.25) is 0 Å². The Morgan fingerprint density at radius 1 is 1.44 bits per heavy atom. The van der Waals surface area contributed by atoms with Crippen LogP contribution in [0.5, 0.6) is 0 Å². The normalized spacial score (nSPS) is 22.3. The van der Waals surface area contributed by atoms with E-state index in [1.54, 1.807) is 13.8 Å². The number of morpholine rings is 1. The highest BCUT2D eigenvalue weighted by Gasteiger charge is 2.33. The van der Waals surface area contributed by atoms with Gasteiger partial charge in [-0.3, -0.25) is 4.79 Å². The summed E-state index contributed by atoms with van der Waals surface area (Å²) in [4.78, 5) is 10.6. The largest absolute Gasteiger partial charge is 0.481 e. The zero-order valence-electron chi connectivity index (χ0n) is 10.7. The van der Waals surface area contributed by atoms with E-state index >= 15 is 0 Å². The summed E-state index contributed by atoms with van der Waals surface area (Å²) in [6, 6.07) is 0. The lowest BCUT2D eigenvalue weighted by Gasteiger charge is -2.34. The quantitative estimate of drug-likeness (QED) is 0.725. The molecule has 0 aliphatic carbocycles. The summed E-state index contributed by atoms with van der Waals surface area (Å²) in [7, 11) is -3.50. The first-order valence-electron chi connectivity index (χ1n) is 6.00. The van der Waals surface area contributed by atoms with Gasteiger partial charge in [-0.2, -0.15) is 17.0 Å². The van der Waals surface area contributed by atoms with E-state index < -0.39 is 22.3 Å². The van der Waals surface area contributed by atoms with Crippen molar-refractivity contribution >= 4 is 16.2 Å². The number of hydrogen-bond donors (Lipinski definition) is 1. The molecule has 1 saturated heterocycles. The van der Waals surface area contributed by atoms with Crippen molar-refractivity contribution in [3.63, 3.8) is 0 Å². The highest BCUT2D eigenvalue weighted by molar-refractivity contribution is 7.86. The molecule has 0 bridgehead atoms. The van der Waals surface area contributed by atoms with Gasteiger partial charge in [0.15, 0.2) is 0 Å². The predicted octanol–water partition coefficient (Wildman–Crippen LogP) is -0.251. The Hall–Kier alpha value is -0.700. The third-order valence-electron chi connectivity index (χ3n) is 2.86. The molecule has 7 nitrogen and oxygen atoms in total. The maximum Gasteiger partial charge on any atom is 0.306 e. The van der Waals surface area contributed by atoms with Crippen LogP contribution in [0.2, 0.25) is 0 Å². The van der Waals surface area contributed by atoms with Gasteiger partial charge >= 0.3 is 5.97 Å². The zero-order valence-corrected chi connectivity index (χ0v) is 11.5. The summed E-state index contributed by atoms with van der Waals surface area (Å²) in [6.07, 6.45) is -0.744. The van der Waals surface area contributed by atoms with Crippen LogP contribution in [-0.2, 0) is 19.7 Å². The summed E-state index contributed by atoms with van der Waals surface area (Å²) in [5.74, 6) is -0.984. The Balaban J connectivity index is 2.73. The second-order valence-corrected chi connectivity index (χ2v) is 5.97. The van der Waals surface area contributed by atoms with E-state index in [1.807, 2.05) is 0 Å². The molecular formula is C10H20N2O5S. The Kier molecular flexibility index (Phi) is 5.51. The first-order valence-corrected chi connectivity index (χ1v) is 7.40. The van der Waals surface area contributed by atoms with E-state index in [4.69, 9.17) is 9.84 Å². The van der Waals surface area contributed by atoms with Crippen LogP contribution in [0.3, 0.4) is 0 Å². The molecule has 0 aromatic rings. The minimum atomic E-state index is -3.50. The number of carboxylic acids is 1. The summed E-state index contributed by atoms with van der Waals surface area (Å²) in [5.41, 5.74) is 0. The van der Waals surface area contributed by atoms with Gasteiger partial charge in [-0.05, 0) is 0 Å². The molecule has 18 heavy (non-hydrogen) atoms. The van der Waals surface area contributed by atoms with Gasteiger partial charge < -0.3 is 9.84 Å². The van der Waals surface area contributed by atoms with E-state index in [0.717, 1.165) is 0 Å². The zero-order chi connectivity index (χ0) is 13.8. The summed E-state index contributed by atoms with van der Waals surface area (Å²) in [5, 5.41) is 8.70. The van der Waals surface area contributed by atoms with Gasteiger partial charge in [0, 0.05) is 26.2 Å². The van der Waals surface area contributed by atoms with Crippen molar-refractivity contribution in [2.24, 2.45) is 0 Å². The average molecular weight is 280 g/mol. The van der Waals surface area contributed by atoms with Gasteiger partial charge in [-0.25, -0.2) is 0 Å². The van der Waals surface area contributed by atoms with Crippen molar-refractivity contribution in [1.29, 1.82) is 0 Å². The summed E-state index contributed by atoms with van der Waals surface area (Å²) >= 11 is 0. The maximum atomic E-state index is 12.2. The molecule has 0 aromatic carbocycles. The van der Waals surface area contributed by atoms with Crippen molar-refractivity contribution in [2.45, 2.75) is 26.4 Å². The van der Waals surface area contributed by atoms with Gasteiger partial charge in [-0.15, -0.1) is 0 Å². The van der Waals surface area contributed by atoms with Crippen molar-refractivity contribution in [3.05, 3.63) is 0 Å². The molecule has 1 aliphatic heterocycles. The Morgan fingerprint density at radius 2 is 2.06 bits per heavy atom. The molecule has 106 valence electrons. The number of carboxylic acid groups (broad SMARTS) is 1. The van der Waals surface area contributed by atoms with E-state index in [9.17, 15) is 13.2 Å². The summed E-state index contributed by atoms with van der Waals surface area (Å²) in [6.45, 7) is 4.96. The molecule has 0 amide bonds. The van der Waals surface area contributed by atoms with Gasteiger partial charge in [-0.1, -0.05) is 13.8 Å². The molecule has 1 heterocycles. The minimum Gasteiger partial charge on any atom is -0.481 e.